The van der Waals surface area contributed by atoms with Gasteiger partial charge in [0, 0.05) is 26.2 Å². The Labute approximate surface area is 154 Å². The molecule has 140 valence electrons. The highest BCUT2D eigenvalue weighted by Gasteiger charge is 2.22. The first-order chi connectivity index (χ1) is 11.4. The number of hydrogen-bond donors (Lipinski definition) is 2. The number of nitrogens with zero attached hydrogens (tertiary/aromatic N) is 1. The van der Waals surface area contributed by atoms with Gasteiger partial charge in [0.1, 0.15) is 5.82 Å². The molecule has 1 fully saturated rings. The van der Waals surface area contributed by atoms with E-state index in [1.165, 1.54) is 23.1 Å². The Kier molecular flexibility index (Phi) is 8.32. The fourth-order valence-corrected chi connectivity index (χ4v) is 3.09. The molecule has 1 aromatic carbocycles. The van der Waals surface area contributed by atoms with E-state index in [2.05, 4.69) is 17.6 Å². The van der Waals surface area contributed by atoms with Gasteiger partial charge in [0.15, 0.2) is 0 Å². The van der Waals surface area contributed by atoms with E-state index < -0.39 is 11.7 Å². The molecule has 1 aromatic rings. The van der Waals surface area contributed by atoms with Crippen molar-refractivity contribution in [2.75, 3.05) is 32.5 Å². The third kappa shape index (κ3) is 5.97. The third-order valence-corrected chi connectivity index (χ3v) is 4.58. The summed E-state index contributed by atoms with van der Waals surface area (Å²) in [7, 11) is 3.13. The van der Waals surface area contributed by atoms with Crippen LogP contribution in [-0.2, 0) is 4.79 Å². The number of halogens is 2. The SMILES string of the molecule is CC(CC(=O)Nc1ccc(F)c(C(=O)N(C)C)c1)C1CCNCC1.Cl. The Morgan fingerprint density at radius 1 is 1.32 bits per heavy atom. The van der Waals surface area contributed by atoms with Crippen LogP contribution in [0, 0.1) is 17.7 Å². The molecular formula is C18H27ClFN3O2. The van der Waals surface area contributed by atoms with Crippen molar-refractivity contribution < 1.29 is 14.0 Å². The number of carbonyl (C=O) groups is 2. The molecule has 5 nitrogen and oxygen atoms in total. The quantitative estimate of drug-likeness (QED) is 0.836. The number of anilines is 1. The smallest absolute Gasteiger partial charge is 0.256 e. The first kappa shape index (κ1) is 21.4. The van der Waals surface area contributed by atoms with Crippen molar-refractivity contribution in [1.82, 2.24) is 10.2 Å². The molecule has 2 rings (SSSR count). The zero-order chi connectivity index (χ0) is 17.7. The molecule has 0 spiro atoms. The standard InChI is InChI=1S/C18H26FN3O2.ClH/c1-12(13-6-8-20-9-7-13)10-17(23)21-14-4-5-16(19)15(11-14)18(24)22(2)3;/h4-5,11-13,20H,6-10H2,1-3H3,(H,21,23);1H. The van der Waals surface area contributed by atoms with Crippen molar-refractivity contribution in [3.05, 3.63) is 29.6 Å². The van der Waals surface area contributed by atoms with Crippen LogP contribution in [0.1, 0.15) is 36.5 Å². The largest absolute Gasteiger partial charge is 0.345 e. The Balaban J connectivity index is 0.00000312. The summed E-state index contributed by atoms with van der Waals surface area (Å²) in [5, 5.41) is 6.10. The van der Waals surface area contributed by atoms with Crippen LogP contribution in [-0.4, -0.2) is 43.9 Å². The highest BCUT2D eigenvalue weighted by atomic mass is 35.5. The van der Waals surface area contributed by atoms with Crippen molar-refractivity contribution >= 4 is 29.9 Å². The molecular weight excluding hydrogens is 345 g/mol. The minimum absolute atomic E-state index is 0. The molecule has 1 heterocycles. The maximum absolute atomic E-state index is 13.8. The van der Waals surface area contributed by atoms with Gasteiger partial charge < -0.3 is 15.5 Å². The summed E-state index contributed by atoms with van der Waals surface area (Å²) in [5.74, 6) is -0.260. The summed E-state index contributed by atoms with van der Waals surface area (Å²) in [6.45, 7) is 4.11. The second kappa shape index (κ2) is 9.73. The molecule has 2 N–H and O–H groups in total. The van der Waals surface area contributed by atoms with Gasteiger partial charge in [0.25, 0.3) is 5.91 Å². The van der Waals surface area contributed by atoms with Gasteiger partial charge in [-0.1, -0.05) is 6.92 Å². The van der Waals surface area contributed by atoms with E-state index >= 15 is 0 Å². The van der Waals surface area contributed by atoms with Crippen molar-refractivity contribution in [3.63, 3.8) is 0 Å². The zero-order valence-electron chi connectivity index (χ0n) is 15.0. The molecule has 1 aliphatic heterocycles. The monoisotopic (exact) mass is 371 g/mol. The molecule has 0 saturated carbocycles. The Bertz CT molecular complexity index is 604. The molecule has 0 aromatic heterocycles. The fraction of sp³-hybridized carbons (Fsp3) is 0.556. The van der Waals surface area contributed by atoms with Crippen LogP contribution in [0.15, 0.2) is 18.2 Å². The lowest BCUT2D eigenvalue weighted by Gasteiger charge is -2.27. The summed E-state index contributed by atoms with van der Waals surface area (Å²) < 4.78 is 13.8. The van der Waals surface area contributed by atoms with Gasteiger partial charge in [-0.2, -0.15) is 0 Å². The second-order valence-electron chi connectivity index (χ2n) is 6.71. The average molecular weight is 372 g/mol. The number of carbonyl (C=O) groups excluding carboxylic acids is 2. The lowest BCUT2D eigenvalue weighted by atomic mass is 9.84. The molecule has 0 bridgehead atoms. The van der Waals surface area contributed by atoms with E-state index in [4.69, 9.17) is 0 Å². The van der Waals surface area contributed by atoms with Crippen LogP contribution in [0.3, 0.4) is 0 Å². The van der Waals surface area contributed by atoms with Gasteiger partial charge in [-0.25, -0.2) is 4.39 Å². The highest BCUT2D eigenvalue weighted by molar-refractivity contribution is 5.97. The van der Waals surface area contributed by atoms with Crippen molar-refractivity contribution in [3.8, 4) is 0 Å². The molecule has 1 aliphatic rings. The number of nitrogens with one attached hydrogen (secondary N) is 2. The Hall–Kier alpha value is -1.66. The van der Waals surface area contributed by atoms with Gasteiger partial charge in [-0.05, 0) is 56.0 Å². The van der Waals surface area contributed by atoms with E-state index in [0.29, 0.717) is 23.9 Å². The minimum atomic E-state index is -0.588. The predicted molar refractivity (Wildman–Crippen MR) is 99.7 cm³/mol. The van der Waals surface area contributed by atoms with E-state index in [0.717, 1.165) is 25.9 Å². The molecule has 1 atom stereocenters. The molecule has 1 unspecified atom stereocenters. The molecule has 0 aliphatic carbocycles. The van der Waals surface area contributed by atoms with Crippen molar-refractivity contribution in [2.24, 2.45) is 11.8 Å². The first-order valence-electron chi connectivity index (χ1n) is 8.40. The zero-order valence-corrected chi connectivity index (χ0v) is 15.8. The lowest BCUT2D eigenvalue weighted by molar-refractivity contribution is -0.117. The molecule has 0 radical (unpaired) electrons. The summed E-state index contributed by atoms with van der Waals surface area (Å²) in [6, 6.07) is 4.09. The summed E-state index contributed by atoms with van der Waals surface area (Å²) >= 11 is 0. The van der Waals surface area contributed by atoms with E-state index in [1.807, 2.05) is 0 Å². The van der Waals surface area contributed by atoms with Crippen molar-refractivity contribution in [2.45, 2.75) is 26.2 Å². The number of rotatable bonds is 5. The Morgan fingerprint density at radius 2 is 1.96 bits per heavy atom. The molecule has 1 saturated heterocycles. The number of benzene rings is 1. The van der Waals surface area contributed by atoms with Crippen LogP contribution in [0.5, 0.6) is 0 Å². The van der Waals surface area contributed by atoms with E-state index in [1.54, 1.807) is 14.1 Å². The van der Waals surface area contributed by atoms with Gasteiger partial charge in [-0.3, -0.25) is 9.59 Å². The maximum atomic E-state index is 13.8. The van der Waals surface area contributed by atoms with Gasteiger partial charge in [0.2, 0.25) is 5.91 Å². The van der Waals surface area contributed by atoms with Crippen LogP contribution < -0.4 is 10.6 Å². The fourth-order valence-electron chi connectivity index (χ4n) is 3.09. The molecule has 2 amide bonds. The molecule has 25 heavy (non-hydrogen) atoms. The normalized spacial score (nSPS) is 15.8. The highest BCUT2D eigenvalue weighted by Crippen LogP contribution is 2.25. The van der Waals surface area contributed by atoms with Crippen LogP contribution in [0.4, 0.5) is 10.1 Å². The number of hydrogen-bond acceptors (Lipinski definition) is 3. The topological polar surface area (TPSA) is 61.4 Å². The van der Waals surface area contributed by atoms with Gasteiger partial charge in [-0.15, -0.1) is 12.4 Å². The summed E-state index contributed by atoms with van der Waals surface area (Å²) in [6.07, 6.45) is 2.61. The maximum Gasteiger partial charge on any atom is 0.256 e. The Morgan fingerprint density at radius 3 is 2.56 bits per heavy atom. The minimum Gasteiger partial charge on any atom is -0.345 e. The number of amides is 2. The lowest BCUT2D eigenvalue weighted by Crippen LogP contribution is -2.32. The second-order valence-corrected chi connectivity index (χ2v) is 6.71. The van der Waals surface area contributed by atoms with Gasteiger partial charge in [0.05, 0.1) is 5.56 Å². The predicted octanol–water partition coefficient (Wildman–Crippen LogP) is 2.91. The van der Waals surface area contributed by atoms with E-state index in [9.17, 15) is 14.0 Å². The third-order valence-electron chi connectivity index (χ3n) is 4.58. The average Bonchev–Trinajstić information content (AvgIpc) is 2.56. The van der Waals surface area contributed by atoms with Crippen LogP contribution in [0.25, 0.3) is 0 Å². The number of piperidine rings is 1. The van der Waals surface area contributed by atoms with E-state index in [-0.39, 0.29) is 23.9 Å². The summed E-state index contributed by atoms with van der Waals surface area (Å²) in [5.41, 5.74) is 0.410. The van der Waals surface area contributed by atoms with Crippen molar-refractivity contribution in [1.29, 1.82) is 0 Å². The van der Waals surface area contributed by atoms with Crippen LogP contribution in [0.2, 0.25) is 0 Å². The summed E-state index contributed by atoms with van der Waals surface area (Å²) in [4.78, 5) is 25.5. The molecule has 7 heteroatoms. The van der Waals surface area contributed by atoms with Gasteiger partial charge >= 0.3 is 0 Å². The van der Waals surface area contributed by atoms with Crippen LogP contribution >= 0.6 is 12.4 Å². The first-order valence-corrected chi connectivity index (χ1v) is 8.40.